The zero-order chi connectivity index (χ0) is 12.3. The molecule has 2 rings (SSSR count). The van der Waals surface area contributed by atoms with E-state index in [0.29, 0.717) is 0 Å². The normalized spacial score (nSPS) is 17.2. The zero-order valence-corrected chi connectivity index (χ0v) is 10.5. The van der Waals surface area contributed by atoms with Crippen LogP contribution in [0.25, 0.3) is 0 Å². The first-order valence-corrected chi connectivity index (χ1v) is 6.21. The number of hydrogen-bond donors (Lipinski definition) is 2. The Morgan fingerprint density at radius 3 is 2.71 bits per heavy atom. The Labute approximate surface area is 102 Å². The number of aliphatic hydroxyl groups is 1. The average Bonchev–Trinajstić information content (AvgIpc) is 2.39. The van der Waals surface area contributed by atoms with Gasteiger partial charge in [0, 0.05) is 32.6 Å². The van der Waals surface area contributed by atoms with E-state index in [1.807, 2.05) is 13.1 Å². The summed E-state index contributed by atoms with van der Waals surface area (Å²) in [5.41, 5.74) is 0. The fraction of sp³-hybridized carbons (Fsp3) is 0.667. The molecule has 94 valence electrons. The second kappa shape index (κ2) is 5.31. The summed E-state index contributed by atoms with van der Waals surface area (Å²) in [5.74, 6) is 2.68. The summed E-state index contributed by atoms with van der Waals surface area (Å²) < 4.78 is 0. The molecule has 1 aromatic rings. The molecule has 0 aliphatic carbocycles. The molecule has 0 saturated carbocycles. The van der Waals surface area contributed by atoms with Gasteiger partial charge in [0.05, 0.1) is 6.10 Å². The van der Waals surface area contributed by atoms with Gasteiger partial charge in [-0.3, -0.25) is 0 Å². The SMILES string of the molecule is CCc1nc(NC)cc(N2CCC(O)CC2)n1. The lowest BCUT2D eigenvalue weighted by Gasteiger charge is -2.30. The number of anilines is 2. The maximum Gasteiger partial charge on any atom is 0.134 e. The van der Waals surface area contributed by atoms with E-state index >= 15 is 0 Å². The van der Waals surface area contributed by atoms with Gasteiger partial charge in [-0.1, -0.05) is 6.92 Å². The Bertz CT molecular complexity index is 353. The molecule has 5 heteroatoms. The van der Waals surface area contributed by atoms with Gasteiger partial charge in [0.2, 0.25) is 0 Å². The third kappa shape index (κ3) is 2.85. The molecule has 1 aliphatic heterocycles. The van der Waals surface area contributed by atoms with Crippen LogP contribution in [-0.2, 0) is 6.42 Å². The molecule has 2 N–H and O–H groups in total. The van der Waals surface area contributed by atoms with Gasteiger partial charge < -0.3 is 15.3 Å². The molecule has 0 unspecified atom stereocenters. The van der Waals surface area contributed by atoms with Crippen molar-refractivity contribution in [3.05, 3.63) is 11.9 Å². The van der Waals surface area contributed by atoms with Gasteiger partial charge in [0.15, 0.2) is 0 Å². The minimum Gasteiger partial charge on any atom is -0.393 e. The number of nitrogens with one attached hydrogen (secondary N) is 1. The molecule has 0 radical (unpaired) electrons. The lowest BCUT2D eigenvalue weighted by atomic mass is 10.1. The molecule has 1 saturated heterocycles. The number of rotatable bonds is 3. The first-order valence-electron chi connectivity index (χ1n) is 6.21. The molecule has 2 heterocycles. The quantitative estimate of drug-likeness (QED) is 0.821. The molecule has 0 bridgehead atoms. The maximum absolute atomic E-state index is 9.50. The summed E-state index contributed by atoms with van der Waals surface area (Å²) in [5, 5.41) is 12.6. The van der Waals surface area contributed by atoms with Crippen LogP contribution in [-0.4, -0.2) is 41.3 Å². The van der Waals surface area contributed by atoms with Crippen LogP contribution in [0.2, 0.25) is 0 Å². The van der Waals surface area contributed by atoms with E-state index in [9.17, 15) is 5.11 Å². The minimum absolute atomic E-state index is 0.150. The van der Waals surface area contributed by atoms with Gasteiger partial charge in [-0.2, -0.15) is 0 Å². The number of aryl methyl sites for hydroxylation is 1. The van der Waals surface area contributed by atoms with Crippen molar-refractivity contribution in [1.82, 2.24) is 9.97 Å². The molecule has 1 fully saturated rings. The van der Waals surface area contributed by atoms with E-state index in [1.165, 1.54) is 0 Å². The van der Waals surface area contributed by atoms with Gasteiger partial charge in [0.25, 0.3) is 0 Å². The molecule has 1 aromatic heterocycles. The van der Waals surface area contributed by atoms with E-state index < -0.39 is 0 Å². The van der Waals surface area contributed by atoms with E-state index in [1.54, 1.807) is 0 Å². The summed E-state index contributed by atoms with van der Waals surface area (Å²) in [6.07, 6.45) is 2.32. The van der Waals surface area contributed by atoms with Crippen LogP contribution in [0.5, 0.6) is 0 Å². The van der Waals surface area contributed by atoms with Crippen molar-refractivity contribution in [1.29, 1.82) is 0 Å². The highest BCUT2D eigenvalue weighted by molar-refractivity contribution is 5.49. The van der Waals surface area contributed by atoms with Crippen LogP contribution >= 0.6 is 0 Å². The van der Waals surface area contributed by atoms with Crippen LogP contribution in [0.1, 0.15) is 25.6 Å². The van der Waals surface area contributed by atoms with Crippen LogP contribution in [0.4, 0.5) is 11.6 Å². The van der Waals surface area contributed by atoms with Crippen LogP contribution in [0, 0.1) is 0 Å². The first-order chi connectivity index (χ1) is 8.22. The summed E-state index contributed by atoms with van der Waals surface area (Å²) in [6, 6.07) is 1.97. The Kier molecular flexibility index (Phi) is 3.78. The number of piperidine rings is 1. The molecule has 0 aromatic carbocycles. The number of aliphatic hydroxyl groups excluding tert-OH is 1. The third-order valence-corrected chi connectivity index (χ3v) is 3.12. The second-order valence-corrected chi connectivity index (χ2v) is 4.35. The minimum atomic E-state index is -0.150. The van der Waals surface area contributed by atoms with Gasteiger partial charge in [0.1, 0.15) is 17.5 Å². The second-order valence-electron chi connectivity index (χ2n) is 4.35. The molecule has 0 amide bonds. The summed E-state index contributed by atoms with van der Waals surface area (Å²) >= 11 is 0. The summed E-state index contributed by atoms with van der Waals surface area (Å²) in [6.45, 7) is 3.79. The maximum atomic E-state index is 9.50. The van der Waals surface area contributed by atoms with Crippen molar-refractivity contribution >= 4 is 11.6 Å². The number of nitrogens with zero attached hydrogens (tertiary/aromatic N) is 3. The van der Waals surface area contributed by atoms with Crippen molar-refractivity contribution in [3.8, 4) is 0 Å². The molecule has 0 spiro atoms. The predicted molar refractivity (Wildman–Crippen MR) is 68.4 cm³/mol. The smallest absolute Gasteiger partial charge is 0.134 e. The van der Waals surface area contributed by atoms with Crippen molar-refractivity contribution < 1.29 is 5.11 Å². The first kappa shape index (κ1) is 12.1. The van der Waals surface area contributed by atoms with E-state index in [0.717, 1.165) is 49.8 Å². The highest BCUT2D eigenvalue weighted by Gasteiger charge is 2.19. The lowest BCUT2D eigenvalue weighted by molar-refractivity contribution is 0.145. The molecular formula is C12H20N4O. The van der Waals surface area contributed by atoms with Crippen molar-refractivity contribution in [2.75, 3.05) is 30.4 Å². The van der Waals surface area contributed by atoms with Crippen molar-refractivity contribution in [2.24, 2.45) is 0 Å². The topological polar surface area (TPSA) is 61.3 Å². The highest BCUT2D eigenvalue weighted by atomic mass is 16.3. The average molecular weight is 236 g/mol. The molecule has 0 atom stereocenters. The Balaban J connectivity index is 2.19. The van der Waals surface area contributed by atoms with Crippen molar-refractivity contribution in [2.45, 2.75) is 32.3 Å². The highest BCUT2D eigenvalue weighted by Crippen LogP contribution is 2.20. The van der Waals surface area contributed by atoms with Gasteiger partial charge in [-0.15, -0.1) is 0 Å². The summed E-state index contributed by atoms with van der Waals surface area (Å²) in [4.78, 5) is 11.1. The molecule has 5 nitrogen and oxygen atoms in total. The summed E-state index contributed by atoms with van der Waals surface area (Å²) in [7, 11) is 1.87. The van der Waals surface area contributed by atoms with E-state index in [-0.39, 0.29) is 6.10 Å². The van der Waals surface area contributed by atoms with Gasteiger partial charge >= 0.3 is 0 Å². The zero-order valence-electron chi connectivity index (χ0n) is 10.5. The number of hydrogen-bond acceptors (Lipinski definition) is 5. The van der Waals surface area contributed by atoms with Crippen LogP contribution < -0.4 is 10.2 Å². The van der Waals surface area contributed by atoms with Gasteiger partial charge in [-0.05, 0) is 12.8 Å². The molecular weight excluding hydrogens is 216 g/mol. The fourth-order valence-electron chi connectivity index (χ4n) is 2.03. The third-order valence-electron chi connectivity index (χ3n) is 3.12. The van der Waals surface area contributed by atoms with Gasteiger partial charge in [-0.25, -0.2) is 9.97 Å². The van der Waals surface area contributed by atoms with E-state index in [4.69, 9.17) is 0 Å². The standard InChI is InChI=1S/C12H20N4O/c1-3-10-14-11(13-2)8-12(15-10)16-6-4-9(17)5-7-16/h8-9,17H,3-7H2,1-2H3,(H,13,14,15). The molecule has 1 aliphatic rings. The Morgan fingerprint density at radius 1 is 1.41 bits per heavy atom. The Hall–Kier alpha value is -1.36. The van der Waals surface area contributed by atoms with Crippen LogP contribution in [0.15, 0.2) is 6.07 Å². The van der Waals surface area contributed by atoms with E-state index in [2.05, 4.69) is 27.1 Å². The fourth-order valence-corrected chi connectivity index (χ4v) is 2.03. The van der Waals surface area contributed by atoms with Crippen molar-refractivity contribution in [3.63, 3.8) is 0 Å². The number of aromatic nitrogens is 2. The Morgan fingerprint density at radius 2 is 2.12 bits per heavy atom. The van der Waals surface area contributed by atoms with Crippen LogP contribution in [0.3, 0.4) is 0 Å². The lowest BCUT2D eigenvalue weighted by Crippen LogP contribution is -2.36. The monoisotopic (exact) mass is 236 g/mol. The predicted octanol–water partition coefficient (Wildman–Crippen LogP) is 1.04. The molecule has 17 heavy (non-hydrogen) atoms. The largest absolute Gasteiger partial charge is 0.393 e.